The second-order valence-corrected chi connectivity index (χ2v) is 8.22. The van der Waals surface area contributed by atoms with E-state index in [1.807, 2.05) is 24.0 Å². The molecule has 1 fully saturated rings. The van der Waals surface area contributed by atoms with Crippen molar-refractivity contribution in [1.29, 1.82) is 0 Å². The van der Waals surface area contributed by atoms with Gasteiger partial charge in [0.2, 0.25) is 5.91 Å². The Morgan fingerprint density at radius 1 is 1.06 bits per heavy atom. The van der Waals surface area contributed by atoms with E-state index in [1.54, 1.807) is 24.4 Å². The van der Waals surface area contributed by atoms with Crippen LogP contribution in [0.2, 0.25) is 0 Å². The molecule has 0 N–H and O–H groups in total. The summed E-state index contributed by atoms with van der Waals surface area (Å²) in [5.41, 5.74) is 3.50. The molecular weight excluding hydrogens is 405 g/mol. The molecule has 0 radical (unpaired) electrons. The second kappa shape index (κ2) is 7.21. The molecule has 0 bridgehead atoms. The molecule has 160 valence electrons. The van der Waals surface area contributed by atoms with Gasteiger partial charge in [0.05, 0.1) is 11.4 Å². The number of benzene rings is 1. The lowest BCUT2D eigenvalue weighted by molar-refractivity contribution is -0.141. The first-order chi connectivity index (χ1) is 14.8. The Hall–Kier alpha value is -3.16. The van der Waals surface area contributed by atoms with E-state index in [9.17, 15) is 18.0 Å². The fourth-order valence-electron chi connectivity index (χ4n) is 4.53. The number of fused-ring (bicyclic) bond motifs is 1. The van der Waals surface area contributed by atoms with Crippen molar-refractivity contribution >= 4 is 5.91 Å². The average molecular weight is 426 g/mol. The van der Waals surface area contributed by atoms with Crippen LogP contribution in [0, 0.1) is 6.92 Å². The lowest BCUT2D eigenvalue weighted by atomic mass is 10.1. The van der Waals surface area contributed by atoms with E-state index in [2.05, 4.69) is 10.1 Å². The van der Waals surface area contributed by atoms with Gasteiger partial charge in [-0.25, -0.2) is 4.68 Å². The Bertz CT molecular complexity index is 1150. The minimum Gasteiger partial charge on any atom is -0.339 e. The molecule has 3 heterocycles. The van der Waals surface area contributed by atoms with Gasteiger partial charge in [-0.2, -0.15) is 18.3 Å². The second-order valence-electron chi connectivity index (χ2n) is 8.22. The zero-order chi connectivity index (χ0) is 21.8. The van der Waals surface area contributed by atoms with Crippen LogP contribution in [0.15, 0.2) is 42.6 Å². The fraction of sp³-hybridized carbons (Fsp3) is 0.348. The first kappa shape index (κ1) is 19.8. The number of carbonyl (C=O) groups excluding carboxylic acids is 1. The number of likely N-dealkylation sites (tertiary alicyclic amines) is 1. The van der Waals surface area contributed by atoms with E-state index < -0.39 is 11.9 Å². The highest BCUT2D eigenvalue weighted by atomic mass is 19.4. The summed E-state index contributed by atoms with van der Waals surface area (Å²) in [7, 11) is 0. The molecule has 5 rings (SSSR count). The van der Waals surface area contributed by atoms with Gasteiger partial charge in [-0.3, -0.25) is 9.78 Å². The molecule has 31 heavy (non-hydrogen) atoms. The zero-order valence-corrected chi connectivity index (χ0v) is 17.0. The van der Waals surface area contributed by atoms with Crippen molar-refractivity contribution in [2.45, 2.75) is 44.8 Å². The average Bonchev–Trinajstić information content (AvgIpc) is 3.44. The molecule has 5 nitrogen and oxygen atoms in total. The van der Waals surface area contributed by atoms with Crippen LogP contribution in [-0.2, 0) is 23.8 Å². The number of hydrogen-bond acceptors (Lipinski definition) is 3. The molecule has 2 aromatic heterocycles. The summed E-state index contributed by atoms with van der Waals surface area (Å²) < 4.78 is 41.6. The lowest BCUT2D eigenvalue weighted by Crippen LogP contribution is -2.36. The summed E-state index contributed by atoms with van der Waals surface area (Å²) in [6.45, 7) is 2.60. The highest BCUT2D eigenvalue weighted by molar-refractivity contribution is 5.78. The topological polar surface area (TPSA) is 51.0 Å². The van der Waals surface area contributed by atoms with Crippen molar-refractivity contribution in [2.75, 3.05) is 6.54 Å². The van der Waals surface area contributed by atoms with Crippen molar-refractivity contribution < 1.29 is 18.0 Å². The molecule has 3 aromatic rings. The maximum absolute atomic E-state index is 13.4. The van der Waals surface area contributed by atoms with Crippen LogP contribution in [0.1, 0.15) is 35.4 Å². The van der Waals surface area contributed by atoms with Crippen LogP contribution in [0.5, 0.6) is 0 Å². The zero-order valence-electron chi connectivity index (χ0n) is 17.0. The fourth-order valence-corrected chi connectivity index (χ4v) is 4.53. The van der Waals surface area contributed by atoms with Gasteiger partial charge in [0.1, 0.15) is 0 Å². The summed E-state index contributed by atoms with van der Waals surface area (Å²) in [5.74, 6) is 0.189. The Labute approximate surface area is 177 Å². The third kappa shape index (κ3) is 3.60. The van der Waals surface area contributed by atoms with Crippen LogP contribution in [-0.4, -0.2) is 38.2 Å². The molecule has 2 aliphatic rings. The quantitative estimate of drug-likeness (QED) is 0.626. The smallest absolute Gasteiger partial charge is 0.339 e. The standard InChI is InChI=1S/C23H21F3N4O/c1-14-4-5-16(13-27-14)20-12-21(23(24,25)26)28-30(20)18-7-6-15-9-19(11-17(15)10-18)29-8-2-3-22(29)31/h4-7,10,12-13,19H,2-3,8-9,11H2,1H3/t19-/m1/s1. The minimum atomic E-state index is -4.55. The van der Waals surface area contributed by atoms with Gasteiger partial charge in [-0.05, 0) is 67.6 Å². The van der Waals surface area contributed by atoms with E-state index in [0.717, 1.165) is 42.3 Å². The molecule has 1 saturated heterocycles. The maximum Gasteiger partial charge on any atom is 0.435 e. The third-order valence-electron chi connectivity index (χ3n) is 6.10. The number of alkyl halides is 3. The minimum absolute atomic E-state index is 0.129. The van der Waals surface area contributed by atoms with Crippen LogP contribution in [0.3, 0.4) is 0 Å². The van der Waals surface area contributed by atoms with Crippen molar-refractivity contribution in [2.24, 2.45) is 0 Å². The van der Waals surface area contributed by atoms with Gasteiger partial charge in [0, 0.05) is 36.5 Å². The van der Waals surface area contributed by atoms with Gasteiger partial charge in [0.25, 0.3) is 0 Å². The number of hydrogen-bond donors (Lipinski definition) is 0. The van der Waals surface area contributed by atoms with Crippen LogP contribution < -0.4 is 0 Å². The van der Waals surface area contributed by atoms with Crippen LogP contribution in [0.4, 0.5) is 13.2 Å². The van der Waals surface area contributed by atoms with Crippen LogP contribution in [0.25, 0.3) is 16.9 Å². The predicted octanol–water partition coefficient (Wildman–Crippen LogP) is 4.35. The van der Waals surface area contributed by atoms with E-state index >= 15 is 0 Å². The summed E-state index contributed by atoms with van der Waals surface area (Å²) in [4.78, 5) is 18.3. The first-order valence-electron chi connectivity index (χ1n) is 10.3. The molecule has 1 amide bonds. The number of rotatable bonds is 3. The van der Waals surface area contributed by atoms with Gasteiger partial charge in [0.15, 0.2) is 5.69 Å². The van der Waals surface area contributed by atoms with Crippen molar-refractivity contribution in [3.05, 3.63) is 65.1 Å². The Kier molecular flexibility index (Phi) is 4.60. The monoisotopic (exact) mass is 426 g/mol. The third-order valence-corrected chi connectivity index (χ3v) is 6.10. The SMILES string of the molecule is Cc1ccc(-c2cc(C(F)(F)F)nn2-c2ccc3c(c2)C[C@H](N2CCCC2=O)C3)cn1. The largest absolute Gasteiger partial charge is 0.435 e. The lowest BCUT2D eigenvalue weighted by Gasteiger charge is -2.23. The Morgan fingerprint density at radius 3 is 2.55 bits per heavy atom. The first-order valence-corrected chi connectivity index (χ1v) is 10.3. The number of halogens is 3. The number of pyridine rings is 1. The molecule has 1 aliphatic carbocycles. The van der Waals surface area contributed by atoms with Crippen molar-refractivity contribution in [1.82, 2.24) is 19.7 Å². The van der Waals surface area contributed by atoms with E-state index in [-0.39, 0.29) is 11.9 Å². The molecule has 8 heteroatoms. The van der Waals surface area contributed by atoms with Gasteiger partial charge in [-0.1, -0.05) is 6.07 Å². The summed E-state index contributed by atoms with van der Waals surface area (Å²) in [6, 6.07) is 10.3. The van der Waals surface area contributed by atoms with Gasteiger partial charge >= 0.3 is 6.18 Å². The highest BCUT2D eigenvalue weighted by Gasteiger charge is 2.36. The number of amides is 1. The van der Waals surface area contributed by atoms with E-state index in [1.165, 1.54) is 4.68 Å². The number of aryl methyl sites for hydroxylation is 1. The highest BCUT2D eigenvalue weighted by Crippen LogP contribution is 2.35. The van der Waals surface area contributed by atoms with E-state index in [4.69, 9.17) is 0 Å². The normalized spacial score (nSPS) is 18.6. The Balaban J connectivity index is 1.53. The van der Waals surface area contributed by atoms with Crippen molar-refractivity contribution in [3.63, 3.8) is 0 Å². The number of carbonyl (C=O) groups is 1. The molecule has 1 aromatic carbocycles. The molecular formula is C23H21F3N4O. The molecule has 0 unspecified atom stereocenters. The van der Waals surface area contributed by atoms with Gasteiger partial charge in [-0.15, -0.1) is 0 Å². The maximum atomic E-state index is 13.4. The number of aromatic nitrogens is 3. The summed E-state index contributed by atoms with van der Waals surface area (Å²) in [5, 5.41) is 3.88. The number of nitrogens with zero attached hydrogens (tertiary/aromatic N) is 4. The molecule has 1 atom stereocenters. The molecule has 0 spiro atoms. The Morgan fingerprint density at radius 2 is 1.87 bits per heavy atom. The predicted molar refractivity (Wildman–Crippen MR) is 109 cm³/mol. The summed E-state index contributed by atoms with van der Waals surface area (Å²) >= 11 is 0. The van der Waals surface area contributed by atoms with Crippen LogP contribution >= 0.6 is 0 Å². The summed E-state index contributed by atoms with van der Waals surface area (Å²) in [6.07, 6.45) is -0.00783. The molecule has 0 saturated carbocycles. The van der Waals surface area contributed by atoms with Gasteiger partial charge < -0.3 is 4.90 Å². The van der Waals surface area contributed by atoms with Crippen molar-refractivity contribution in [3.8, 4) is 16.9 Å². The van der Waals surface area contributed by atoms with E-state index in [0.29, 0.717) is 29.8 Å². The molecule has 1 aliphatic heterocycles.